The molecule has 1 unspecified atom stereocenters. The number of aliphatic hydroxyl groups is 4. The van der Waals surface area contributed by atoms with Gasteiger partial charge in [0.25, 0.3) is 0 Å². The van der Waals surface area contributed by atoms with Crippen molar-refractivity contribution in [2.45, 2.75) is 115 Å². The highest BCUT2D eigenvalue weighted by Crippen LogP contribution is 2.60. The zero-order valence-electron chi connectivity index (χ0n) is 20.0. The van der Waals surface area contributed by atoms with Gasteiger partial charge in [-0.25, -0.2) is 0 Å². The lowest BCUT2D eigenvalue weighted by atomic mass is 9.59. The second-order valence-corrected chi connectivity index (χ2v) is 11.6. The van der Waals surface area contributed by atoms with E-state index < -0.39 is 23.4 Å². The van der Waals surface area contributed by atoms with E-state index in [0.29, 0.717) is 25.2 Å². The molecule has 4 N–H and O–H groups in total. The van der Waals surface area contributed by atoms with Crippen LogP contribution in [0.2, 0.25) is 0 Å². The fourth-order valence-electron chi connectivity index (χ4n) is 6.78. The van der Waals surface area contributed by atoms with Crippen molar-refractivity contribution in [3.8, 4) is 0 Å². The lowest BCUT2D eigenvalue weighted by Gasteiger charge is -2.47. The Balaban J connectivity index is 1.75. The Morgan fingerprint density at radius 2 is 1.81 bits per heavy atom. The van der Waals surface area contributed by atoms with Gasteiger partial charge in [-0.3, -0.25) is 0 Å². The summed E-state index contributed by atoms with van der Waals surface area (Å²) in [4.78, 5) is 0. The van der Waals surface area contributed by atoms with Crippen LogP contribution in [0.25, 0.3) is 0 Å². The van der Waals surface area contributed by atoms with Crippen LogP contribution in [-0.4, -0.2) is 43.8 Å². The van der Waals surface area contributed by atoms with E-state index in [2.05, 4.69) is 25.7 Å². The quantitative estimate of drug-likeness (QED) is 0.485. The fraction of sp³-hybridized carbons (Fsp3) is 0.778. The van der Waals surface area contributed by atoms with Crippen LogP contribution in [0.5, 0.6) is 0 Å². The maximum atomic E-state index is 11.4. The number of hydrogen-bond acceptors (Lipinski definition) is 4. The van der Waals surface area contributed by atoms with Gasteiger partial charge in [0.15, 0.2) is 0 Å². The molecule has 0 radical (unpaired) electrons. The summed E-state index contributed by atoms with van der Waals surface area (Å²) in [5.41, 5.74) is 1.82. The van der Waals surface area contributed by atoms with E-state index in [9.17, 15) is 20.4 Å². The van der Waals surface area contributed by atoms with Crippen LogP contribution < -0.4 is 0 Å². The third kappa shape index (κ3) is 5.52. The zero-order valence-corrected chi connectivity index (χ0v) is 20.0. The second kappa shape index (κ2) is 9.13. The highest BCUT2D eigenvalue weighted by atomic mass is 16.3. The molecule has 31 heavy (non-hydrogen) atoms. The number of allylic oxidation sites excluding steroid dienone is 3. The van der Waals surface area contributed by atoms with Crippen molar-refractivity contribution in [3.63, 3.8) is 0 Å². The van der Waals surface area contributed by atoms with Gasteiger partial charge >= 0.3 is 0 Å². The van der Waals surface area contributed by atoms with Gasteiger partial charge in [0.05, 0.1) is 23.4 Å². The Labute approximate surface area is 188 Å². The van der Waals surface area contributed by atoms with Gasteiger partial charge in [0.1, 0.15) is 0 Å². The molecule has 0 bridgehead atoms. The van der Waals surface area contributed by atoms with Gasteiger partial charge in [-0.15, -0.1) is 0 Å². The molecule has 0 aromatic rings. The molecule has 3 rings (SSSR count). The van der Waals surface area contributed by atoms with Crippen molar-refractivity contribution < 1.29 is 20.4 Å². The normalized spacial score (nSPS) is 39.0. The van der Waals surface area contributed by atoms with Gasteiger partial charge in [-0.1, -0.05) is 31.2 Å². The van der Waals surface area contributed by atoms with E-state index in [1.807, 2.05) is 20.8 Å². The molecule has 0 aliphatic heterocycles. The molecule has 3 fully saturated rings. The Morgan fingerprint density at radius 1 is 1.10 bits per heavy atom. The van der Waals surface area contributed by atoms with Gasteiger partial charge in [0, 0.05) is 6.42 Å². The standard InChI is InChI=1S/C27H44O4/c1-18-20(16-21(28)17-23(18)29)10-9-19-8-6-14-26(4)22(19)11-12-24(26)27(5,31)15-7-13-25(2,3)30/h9-10,21-24,28-31H,1,6-8,11-17H2,2-5H3/b19-9+,20-10-/t21-,22+,23+,24+,26+,27?/m1/s1. The van der Waals surface area contributed by atoms with Crippen LogP contribution in [0.3, 0.4) is 0 Å². The molecule has 6 atom stereocenters. The largest absolute Gasteiger partial charge is 0.393 e. The molecule has 176 valence electrons. The van der Waals surface area contributed by atoms with E-state index in [0.717, 1.165) is 56.1 Å². The smallest absolute Gasteiger partial charge is 0.0811 e. The van der Waals surface area contributed by atoms with Crippen LogP contribution in [0.1, 0.15) is 91.9 Å². The monoisotopic (exact) mass is 432 g/mol. The van der Waals surface area contributed by atoms with E-state index in [-0.39, 0.29) is 11.3 Å². The van der Waals surface area contributed by atoms with Crippen molar-refractivity contribution in [3.05, 3.63) is 35.5 Å². The molecule has 4 heteroatoms. The van der Waals surface area contributed by atoms with Crippen LogP contribution in [0.15, 0.2) is 35.5 Å². The third-order valence-electron chi connectivity index (χ3n) is 8.45. The van der Waals surface area contributed by atoms with E-state index in [1.54, 1.807) is 0 Å². The SMILES string of the molecule is C=C1/C(=C\C=C2/CCC[C@]3(C)[C@@H](C(C)(O)CCCC(C)(C)O)CC[C@@H]23)C[C@@H](O)C[C@@H]1O. The predicted octanol–water partition coefficient (Wildman–Crippen LogP) is 4.82. The number of rotatable bonds is 6. The van der Waals surface area contributed by atoms with Crippen LogP contribution in [0.4, 0.5) is 0 Å². The average Bonchev–Trinajstić information content (AvgIpc) is 3.00. The molecule has 3 aliphatic carbocycles. The molecule has 4 nitrogen and oxygen atoms in total. The highest BCUT2D eigenvalue weighted by Gasteiger charge is 2.54. The van der Waals surface area contributed by atoms with Crippen LogP contribution >= 0.6 is 0 Å². The van der Waals surface area contributed by atoms with E-state index >= 15 is 0 Å². The first kappa shape index (κ1) is 24.7. The Morgan fingerprint density at radius 3 is 2.48 bits per heavy atom. The second-order valence-electron chi connectivity index (χ2n) is 11.6. The molecule has 0 amide bonds. The fourth-order valence-corrected chi connectivity index (χ4v) is 6.78. The topological polar surface area (TPSA) is 80.9 Å². The minimum atomic E-state index is -0.721. The summed E-state index contributed by atoms with van der Waals surface area (Å²) < 4.78 is 0. The lowest BCUT2D eigenvalue weighted by molar-refractivity contribution is -0.0680. The lowest BCUT2D eigenvalue weighted by Crippen LogP contribution is -2.45. The summed E-state index contributed by atoms with van der Waals surface area (Å²) in [6.45, 7) is 12.1. The van der Waals surface area contributed by atoms with Crippen molar-refractivity contribution in [1.82, 2.24) is 0 Å². The maximum Gasteiger partial charge on any atom is 0.0811 e. The Bertz CT molecular complexity index is 726. The van der Waals surface area contributed by atoms with E-state index in [4.69, 9.17) is 0 Å². The molecule has 3 saturated carbocycles. The van der Waals surface area contributed by atoms with Crippen molar-refractivity contribution in [2.75, 3.05) is 0 Å². The molecule has 0 saturated heterocycles. The molecule has 3 aliphatic rings. The predicted molar refractivity (Wildman–Crippen MR) is 125 cm³/mol. The summed E-state index contributed by atoms with van der Waals surface area (Å²) in [6, 6.07) is 0. The summed E-state index contributed by atoms with van der Waals surface area (Å²) >= 11 is 0. The summed E-state index contributed by atoms with van der Waals surface area (Å²) in [5, 5.41) is 41.6. The minimum Gasteiger partial charge on any atom is -0.393 e. The van der Waals surface area contributed by atoms with Crippen molar-refractivity contribution in [2.24, 2.45) is 17.3 Å². The molecular formula is C27H44O4. The van der Waals surface area contributed by atoms with Crippen molar-refractivity contribution >= 4 is 0 Å². The van der Waals surface area contributed by atoms with Gasteiger partial charge in [-0.05, 0) is 107 Å². The number of aliphatic hydroxyl groups excluding tert-OH is 2. The highest BCUT2D eigenvalue weighted by molar-refractivity contribution is 5.38. The molecule has 0 aromatic carbocycles. The van der Waals surface area contributed by atoms with Gasteiger partial charge in [-0.2, -0.15) is 0 Å². The third-order valence-corrected chi connectivity index (χ3v) is 8.45. The minimum absolute atomic E-state index is 0.0867. The first-order chi connectivity index (χ1) is 14.3. The Hall–Kier alpha value is -0.940. The summed E-state index contributed by atoms with van der Waals surface area (Å²) in [6.07, 6.45) is 11.8. The molecule has 0 heterocycles. The van der Waals surface area contributed by atoms with Gasteiger partial charge < -0.3 is 20.4 Å². The van der Waals surface area contributed by atoms with Crippen LogP contribution in [-0.2, 0) is 0 Å². The molecule has 0 spiro atoms. The zero-order chi connectivity index (χ0) is 23.0. The number of hydrogen-bond donors (Lipinski definition) is 4. The molecule has 0 aromatic heterocycles. The summed E-state index contributed by atoms with van der Waals surface area (Å²) in [5.74, 6) is 0.729. The first-order valence-corrected chi connectivity index (χ1v) is 12.2. The maximum absolute atomic E-state index is 11.4. The summed E-state index contributed by atoms with van der Waals surface area (Å²) in [7, 11) is 0. The first-order valence-electron chi connectivity index (χ1n) is 12.2. The molecular weight excluding hydrogens is 388 g/mol. The Kier molecular flexibility index (Phi) is 7.27. The average molecular weight is 433 g/mol. The van der Waals surface area contributed by atoms with Crippen molar-refractivity contribution in [1.29, 1.82) is 0 Å². The van der Waals surface area contributed by atoms with Crippen LogP contribution in [0, 0.1) is 17.3 Å². The van der Waals surface area contributed by atoms with E-state index in [1.165, 1.54) is 5.57 Å². The van der Waals surface area contributed by atoms with Gasteiger partial charge in [0.2, 0.25) is 0 Å². The number of fused-ring (bicyclic) bond motifs is 1.